The standard InChI is InChI=1S/C26H27FN4O3/c1-18-25-21(28-31(26(25)33)23-10-6-5-9-20(23)27)17-24(32)30(18)12-11-22(19-7-3-2-4-8-19)29-13-15-34-16-14-29/h2-10,17,22,28H,11-16H2,1H3. The van der Waals surface area contributed by atoms with E-state index < -0.39 is 5.82 Å². The molecule has 5 rings (SSSR count). The van der Waals surface area contributed by atoms with Crippen molar-refractivity contribution in [3.8, 4) is 5.69 Å². The third kappa shape index (κ3) is 4.10. The van der Waals surface area contributed by atoms with Gasteiger partial charge in [-0.05, 0) is 31.0 Å². The Morgan fingerprint density at radius 1 is 1.03 bits per heavy atom. The van der Waals surface area contributed by atoms with Crippen LogP contribution in [0.5, 0.6) is 0 Å². The second-order valence-corrected chi connectivity index (χ2v) is 8.58. The predicted molar refractivity (Wildman–Crippen MR) is 129 cm³/mol. The number of pyridine rings is 1. The summed E-state index contributed by atoms with van der Waals surface area (Å²) in [7, 11) is 0. The van der Waals surface area contributed by atoms with E-state index in [-0.39, 0.29) is 22.8 Å². The molecule has 1 aliphatic heterocycles. The number of rotatable bonds is 6. The van der Waals surface area contributed by atoms with Crippen LogP contribution in [0.4, 0.5) is 4.39 Å². The number of fused-ring (bicyclic) bond motifs is 1. The van der Waals surface area contributed by atoms with Gasteiger partial charge in [0.15, 0.2) is 0 Å². The molecule has 34 heavy (non-hydrogen) atoms. The molecule has 1 saturated heterocycles. The minimum absolute atomic E-state index is 0.124. The van der Waals surface area contributed by atoms with E-state index in [0.717, 1.165) is 17.8 Å². The minimum Gasteiger partial charge on any atom is -0.379 e. The van der Waals surface area contributed by atoms with Crippen LogP contribution in [0.2, 0.25) is 0 Å². The van der Waals surface area contributed by atoms with Crippen molar-refractivity contribution in [2.45, 2.75) is 25.9 Å². The lowest BCUT2D eigenvalue weighted by Crippen LogP contribution is -2.39. The summed E-state index contributed by atoms with van der Waals surface area (Å²) < 4.78 is 22.7. The number of nitrogens with zero attached hydrogens (tertiary/aromatic N) is 3. The number of morpholine rings is 1. The number of aromatic nitrogens is 3. The molecule has 0 amide bonds. The number of hydrogen-bond acceptors (Lipinski definition) is 4. The molecule has 1 fully saturated rings. The molecule has 2 aromatic heterocycles. The van der Waals surface area contributed by atoms with Gasteiger partial charge < -0.3 is 9.30 Å². The van der Waals surface area contributed by atoms with Crippen molar-refractivity contribution in [2.24, 2.45) is 0 Å². The summed E-state index contributed by atoms with van der Waals surface area (Å²) in [4.78, 5) is 28.6. The Balaban J connectivity index is 1.51. The SMILES string of the molecule is Cc1c2c(=O)n(-c3ccccc3F)[nH]c2cc(=O)n1CCC(c1ccccc1)N1CCOCC1. The first-order valence-corrected chi connectivity index (χ1v) is 11.5. The first-order chi connectivity index (χ1) is 16.5. The normalized spacial score (nSPS) is 15.6. The summed E-state index contributed by atoms with van der Waals surface area (Å²) in [5.41, 5.74) is 1.73. The number of aryl methyl sites for hydroxylation is 1. The summed E-state index contributed by atoms with van der Waals surface area (Å²) in [6.07, 6.45) is 0.711. The van der Waals surface area contributed by atoms with Gasteiger partial charge in [0.05, 0.1) is 24.1 Å². The third-order valence-corrected chi connectivity index (χ3v) is 6.61. The maximum atomic E-state index is 14.3. The smallest absolute Gasteiger partial charge is 0.280 e. The molecule has 1 aliphatic rings. The van der Waals surface area contributed by atoms with Crippen LogP contribution in [0.3, 0.4) is 0 Å². The number of hydrogen-bond donors (Lipinski definition) is 1. The van der Waals surface area contributed by atoms with Gasteiger partial charge in [-0.2, -0.15) is 0 Å². The van der Waals surface area contributed by atoms with E-state index in [9.17, 15) is 14.0 Å². The third-order valence-electron chi connectivity index (χ3n) is 6.61. The van der Waals surface area contributed by atoms with Crippen molar-refractivity contribution in [3.05, 3.63) is 98.4 Å². The molecule has 4 aromatic rings. The Labute approximate surface area is 196 Å². The summed E-state index contributed by atoms with van der Waals surface area (Å²) in [6.45, 7) is 5.27. The van der Waals surface area contributed by atoms with Crippen molar-refractivity contribution in [2.75, 3.05) is 26.3 Å². The van der Waals surface area contributed by atoms with Crippen LogP contribution in [-0.2, 0) is 11.3 Å². The van der Waals surface area contributed by atoms with Gasteiger partial charge in [0, 0.05) is 37.4 Å². The second-order valence-electron chi connectivity index (χ2n) is 8.58. The Hall–Kier alpha value is -3.49. The largest absolute Gasteiger partial charge is 0.379 e. The van der Waals surface area contributed by atoms with Crippen molar-refractivity contribution in [3.63, 3.8) is 0 Å². The molecule has 8 heteroatoms. The number of nitrogens with one attached hydrogen (secondary N) is 1. The molecule has 0 bridgehead atoms. The van der Waals surface area contributed by atoms with E-state index in [4.69, 9.17) is 4.74 Å². The Morgan fingerprint density at radius 3 is 2.47 bits per heavy atom. The fraction of sp³-hybridized carbons (Fsp3) is 0.308. The monoisotopic (exact) mass is 462 g/mol. The maximum Gasteiger partial charge on any atom is 0.280 e. The van der Waals surface area contributed by atoms with Crippen molar-refractivity contribution in [1.29, 1.82) is 0 Å². The molecule has 3 heterocycles. The first kappa shape index (κ1) is 22.3. The highest BCUT2D eigenvalue weighted by Crippen LogP contribution is 2.26. The molecule has 0 spiro atoms. The van der Waals surface area contributed by atoms with Crippen molar-refractivity contribution < 1.29 is 9.13 Å². The fourth-order valence-electron chi connectivity index (χ4n) is 4.87. The quantitative estimate of drug-likeness (QED) is 0.477. The Kier molecular flexibility index (Phi) is 6.17. The molecule has 0 aliphatic carbocycles. The molecule has 0 saturated carbocycles. The van der Waals surface area contributed by atoms with Gasteiger partial charge in [-0.3, -0.25) is 19.6 Å². The Bertz CT molecular complexity index is 1420. The van der Waals surface area contributed by atoms with Gasteiger partial charge in [-0.1, -0.05) is 42.5 Å². The highest BCUT2D eigenvalue weighted by Gasteiger charge is 2.23. The zero-order chi connectivity index (χ0) is 23.7. The number of halogens is 1. The van der Waals surface area contributed by atoms with E-state index in [1.807, 2.05) is 18.2 Å². The number of H-pyrrole nitrogens is 1. The zero-order valence-electron chi connectivity index (χ0n) is 19.0. The molecule has 176 valence electrons. The van der Waals surface area contributed by atoms with Gasteiger partial charge >= 0.3 is 0 Å². The van der Waals surface area contributed by atoms with E-state index in [0.29, 0.717) is 42.8 Å². The number of para-hydroxylation sites is 1. The number of ether oxygens (including phenoxy) is 1. The van der Waals surface area contributed by atoms with E-state index in [2.05, 4.69) is 22.1 Å². The lowest BCUT2D eigenvalue weighted by atomic mass is 10.0. The van der Waals surface area contributed by atoms with Crippen LogP contribution >= 0.6 is 0 Å². The van der Waals surface area contributed by atoms with Crippen molar-refractivity contribution >= 4 is 10.9 Å². The van der Waals surface area contributed by atoms with E-state index >= 15 is 0 Å². The van der Waals surface area contributed by atoms with Crippen LogP contribution in [0, 0.1) is 12.7 Å². The van der Waals surface area contributed by atoms with Gasteiger partial charge in [0.25, 0.3) is 11.1 Å². The van der Waals surface area contributed by atoms with E-state index in [1.54, 1.807) is 23.6 Å². The molecule has 0 radical (unpaired) electrons. The fourth-order valence-corrected chi connectivity index (χ4v) is 4.87. The maximum absolute atomic E-state index is 14.3. The van der Waals surface area contributed by atoms with Crippen LogP contribution in [-0.4, -0.2) is 45.6 Å². The summed E-state index contributed by atoms with van der Waals surface area (Å²) in [5.74, 6) is -0.514. The van der Waals surface area contributed by atoms with Crippen LogP contribution in [0.25, 0.3) is 16.6 Å². The molecule has 1 unspecified atom stereocenters. The second kappa shape index (κ2) is 9.40. The van der Waals surface area contributed by atoms with E-state index in [1.165, 1.54) is 23.8 Å². The molecule has 7 nitrogen and oxygen atoms in total. The first-order valence-electron chi connectivity index (χ1n) is 11.5. The number of aromatic amines is 1. The molecule has 2 aromatic carbocycles. The molecular weight excluding hydrogens is 435 g/mol. The topological polar surface area (TPSA) is 72.3 Å². The average molecular weight is 463 g/mol. The van der Waals surface area contributed by atoms with Crippen LogP contribution < -0.4 is 11.1 Å². The molecule has 1 N–H and O–H groups in total. The van der Waals surface area contributed by atoms with Gasteiger partial charge in [0.2, 0.25) is 0 Å². The number of benzene rings is 2. The summed E-state index contributed by atoms with van der Waals surface area (Å²) in [6, 6.07) is 17.9. The highest BCUT2D eigenvalue weighted by molar-refractivity contribution is 5.80. The lowest BCUT2D eigenvalue weighted by Gasteiger charge is -2.35. The Morgan fingerprint density at radius 2 is 1.74 bits per heavy atom. The molecule has 1 atom stereocenters. The average Bonchev–Trinajstić information content (AvgIpc) is 3.18. The lowest BCUT2D eigenvalue weighted by molar-refractivity contribution is 0.0132. The van der Waals surface area contributed by atoms with Crippen LogP contribution in [0.1, 0.15) is 23.7 Å². The highest BCUT2D eigenvalue weighted by atomic mass is 19.1. The molecular formula is C26H27FN4O3. The predicted octanol–water partition coefficient (Wildman–Crippen LogP) is 3.39. The summed E-state index contributed by atoms with van der Waals surface area (Å²) in [5, 5.41) is 3.29. The zero-order valence-corrected chi connectivity index (χ0v) is 19.0. The van der Waals surface area contributed by atoms with Gasteiger partial charge in [-0.15, -0.1) is 0 Å². The van der Waals surface area contributed by atoms with Crippen molar-refractivity contribution in [1.82, 2.24) is 19.2 Å². The summed E-state index contributed by atoms with van der Waals surface area (Å²) >= 11 is 0. The van der Waals surface area contributed by atoms with Gasteiger partial charge in [-0.25, -0.2) is 9.07 Å². The minimum atomic E-state index is -0.514. The van der Waals surface area contributed by atoms with Gasteiger partial charge in [0.1, 0.15) is 11.5 Å². The van der Waals surface area contributed by atoms with Crippen LogP contribution in [0.15, 0.2) is 70.3 Å².